The maximum Gasteiger partial charge on any atom is 0.339 e. The molecule has 0 aliphatic heterocycles. The van der Waals surface area contributed by atoms with E-state index in [-0.39, 0.29) is 6.04 Å². The first kappa shape index (κ1) is 26.4. The topological polar surface area (TPSA) is 86.8 Å². The Morgan fingerprint density at radius 3 is 2.02 bits per heavy atom. The number of pyridine rings is 1. The summed E-state index contributed by atoms with van der Waals surface area (Å²) in [5.41, 5.74) is 4.08. The molecule has 1 N–H and O–H groups in total. The number of hydrogen-bond donors (Lipinski definition) is 1. The van der Waals surface area contributed by atoms with Gasteiger partial charge in [0.2, 0.25) is 0 Å². The molecule has 0 spiro atoms. The van der Waals surface area contributed by atoms with E-state index in [9.17, 15) is 9.59 Å². The van der Waals surface area contributed by atoms with Gasteiger partial charge < -0.3 is 19.5 Å². The number of esters is 1. The van der Waals surface area contributed by atoms with Crippen molar-refractivity contribution >= 4 is 22.8 Å². The molecule has 0 aliphatic carbocycles. The molecule has 40 heavy (non-hydrogen) atoms. The number of carbonyl (C=O) groups is 2. The van der Waals surface area contributed by atoms with Gasteiger partial charge in [-0.15, -0.1) is 0 Å². The van der Waals surface area contributed by atoms with Crippen molar-refractivity contribution in [3.8, 4) is 22.8 Å². The summed E-state index contributed by atoms with van der Waals surface area (Å²) in [4.78, 5) is 31.1. The first-order valence-electron chi connectivity index (χ1n) is 12.8. The van der Waals surface area contributed by atoms with Gasteiger partial charge in [0.1, 0.15) is 0 Å². The molecule has 0 saturated heterocycles. The fraction of sp³-hybridized carbons (Fsp3) is 0.121. The van der Waals surface area contributed by atoms with Crippen LogP contribution in [0.5, 0.6) is 11.5 Å². The molecule has 0 unspecified atom stereocenters. The van der Waals surface area contributed by atoms with Crippen LogP contribution in [0.2, 0.25) is 0 Å². The highest BCUT2D eigenvalue weighted by atomic mass is 16.5. The Kier molecular flexibility index (Phi) is 8.02. The number of nitrogens with one attached hydrogen (secondary N) is 1. The Hall–Kier alpha value is -5.17. The summed E-state index contributed by atoms with van der Waals surface area (Å²) in [5, 5.41) is 3.63. The molecule has 200 valence electrons. The number of ether oxygens (including phenoxy) is 3. The normalized spacial score (nSPS) is 10.8. The van der Waals surface area contributed by atoms with Crippen LogP contribution >= 0.6 is 0 Å². The second kappa shape index (κ2) is 12.1. The highest BCUT2D eigenvalue weighted by molar-refractivity contribution is 6.05. The third-order valence-electron chi connectivity index (χ3n) is 6.52. The van der Waals surface area contributed by atoms with Gasteiger partial charge in [-0.1, -0.05) is 78.9 Å². The number of methoxy groups -OCH3 is 2. The summed E-state index contributed by atoms with van der Waals surface area (Å²) in [6, 6.07) is 33.3. The fourth-order valence-electron chi connectivity index (χ4n) is 4.55. The van der Waals surface area contributed by atoms with Gasteiger partial charge in [-0.2, -0.15) is 0 Å². The van der Waals surface area contributed by atoms with Gasteiger partial charge in [0, 0.05) is 10.9 Å². The van der Waals surface area contributed by atoms with E-state index < -0.39 is 18.5 Å². The lowest BCUT2D eigenvalue weighted by Gasteiger charge is -2.20. The maximum atomic E-state index is 13.3. The molecule has 1 aromatic heterocycles. The number of hydrogen-bond acceptors (Lipinski definition) is 6. The largest absolute Gasteiger partial charge is 0.493 e. The molecule has 7 nitrogen and oxygen atoms in total. The van der Waals surface area contributed by atoms with Crippen molar-refractivity contribution in [1.29, 1.82) is 0 Å². The summed E-state index contributed by atoms with van der Waals surface area (Å²) in [5.74, 6) is 0.0973. The zero-order chi connectivity index (χ0) is 27.9. The summed E-state index contributed by atoms with van der Waals surface area (Å²) >= 11 is 0. The van der Waals surface area contributed by atoms with Crippen molar-refractivity contribution < 1.29 is 23.8 Å². The minimum Gasteiger partial charge on any atom is -0.493 e. The molecule has 4 aromatic carbocycles. The predicted molar refractivity (Wildman–Crippen MR) is 153 cm³/mol. The van der Waals surface area contributed by atoms with Crippen LogP contribution in [0.1, 0.15) is 27.5 Å². The lowest BCUT2D eigenvalue weighted by atomic mass is 9.99. The first-order chi connectivity index (χ1) is 19.6. The molecule has 0 bridgehead atoms. The van der Waals surface area contributed by atoms with E-state index in [1.54, 1.807) is 38.5 Å². The van der Waals surface area contributed by atoms with Crippen molar-refractivity contribution in [3.63, 3.8) is 0 Å². The van der Waals surface area contributed by atoms with Crippen LogP contribution in [-0.2, 0) is 9.53 Å². The summed E-state index contributed by atoms with van der Waals surface area (Å²) in [6.07, 6.45) is 0. The Morgan fingerprint density at radius 1 is 0.750 bits per heavy atom. The summed E-state index contributed by atoms with van der Waals surface area (Å²) in [7, 11) is 3.13. The van der Waals surface area contributed by atoms with E-state index >= 15 is 0 Å². The SMILES string of the molecule is COc1ccc(-c2cc(C(=O)OCC(=O)NC(c3ccccc3)c3ccccc3)c3ccccc3n2)cc1OC. The molecule has 1 amide bonds. The highest BCUT2D eigenvalue weighted by Crippen LogP contribution is 2.33. The zero-order valence-corrected chi connectivity index (χ0v) is 22.2. The lowest BCUT2D eigenvalue weighted by Crippen LogP contribution is -2.33. The Labute approximate surface area is 232 Å². The molecular formula is C33H28N2O5. The standard InChI is InChI=1S/C33H28N2O5/c1-38-29-18-17-24(19-30(29)39-2)28-20-26(25-15-9-10-16-27(25)34-28)33(37)40-21-31(36)35-32(22-11-5-3-6-12-22)23-13-7-4-8-14-23/h3-20,32H,21H2,1-2H3,(H,35,36). The van der Waals surface area contributed by atoms with E-state index in [2.05, 4.69) is 5.32 Å². The van der Waals surface area contributed by atoms with Crippen molar-refractivity contribution in [1.82, 2.24) is 10.3 Å². The van der Waals surface area contributed by atoms with Crippen molar-refractivity contribution in [2.75, 3.05) is 20.8 Å². The van der Waals surface area contributed by atoms with Gasteiger partial charge in [-0.25, -0.2) is 9.78 Å². The molecular weight excluding hydrogens is 504 g/mol. The average molecular weight is 533 g/mol. The van der Waals surface area contributed by atoms with E-state index in [1.165, 1.54) is 0 Å². The van der Waals surface area contributed by atoms with Gasteiger partial charge in [0.25, 0.3) is 5.91 Å². The monoisotopic (exact) mass is 532 g/mol. The third-order valence-corrected chi connectivity index (χ3v) is 6.52. The average Bonchev–Trinajstić information content (AvgIpc) is 3.02. The van der Waals surface area contributed by atoms with Crippen LogP contribution in [0.3, 0.4) is 0 Å². The number of aromatic nitrogens is 1. The molecule has 0 aliphatic rings. The van der Waals surface area contributed by atoms with E-state index in [0.717, 1.165) is 16.7 Å². The molecule has 1 heterocycles. The number of para-hydroxylation sites is 1. The maximum absolute atomic E-state index is 13.3. The molecule has 0 saturated carbocycles. The van der Waals surface area contributed by atoms with Gasteiger partial charge in [-0.3, -0.25) is 4.79 Å². The van der Waals surface area contributed by atoms with Crippen LogP contribution < -0.4 is 14.8 Å². The molecule has 7 heteroatoms. The van der Waals surface area contributed by atoms with E-state index in [4.69, 9.17) is 19.2 Å². The summed E-state index contributed by atoms with van der Waals surface area (Å²) < 4.78 is 16.3. The Bertz CT molecular complexity index is 1600. The van der Waals surface area contributed by atoms with Gasteiger partial charge in [-0.05, 0) is 41.5 Å². The van der Waals surface area contributed by atoms with Gasteiger partial charge in [0.05, 0.1) is 37.0 Å². The zero-order valence-electron chi connectivity index (χ0n) is 22.2. The molecule has 5 aromatic rings. The third kappa shape index (κ3) is 5.78. The minimum atomic E-state index is -0.619. The second-order valence-corrected chi connectivity index (χ2v) is 9.04. The van der Waals surface area contributed by atoms with E-state index in [0.29, 0.717) is 33.7 Å². The van der Waals surface area contributed by atoms with Crippen LogP contribution in [0, 0.1) is 0 Å². The van der Waals surface area contributed by atoms with Gasteiger partial charge >= 0.3 is 5.97 Å². The molecule has 0 fully saturated rings. The molecule has 0 radical (unpaired) electrons. The van der Waals surface area contributed by atoms with Crippen LogP contribution in [0.4, 0.5) is 0 Å². The number of rotatable bonds is 9. The van der Waals surface area contributed by atoms with Crippen molar-refractivity contribution in [2.24, 2.45) is 0 Å². The lowest BCUT2D eigenvalue weighted by molar-refractivity contribution is -0.124. The fourth-order valence-corrected chi connectivity index (χ4v) is 4.55. The predicted octanol–water partition coefficient (Wildman–Crippen LogP) is 5.98. The molecule has 5 rings (SSSR count). The first-order valence-corrected chi connectivity index (χ1v) is 12.8. The second-order valence-electron chi connectivity index (χ2n) is 9.04. The number of amides is 1. The number of fused-ring (bicyclic) bond motifs is 1. The van der Waals surface area contributed by atoms with Crippen LogP contribution in [-0.4, -0.2) is 37.7 Å². The Balaban J connectivity index is 1.38. The van der Waals surface area contributed by atoms with Gasteiger partial charge in [0.15, 0.2) is 18.1 Å². The summed E-state index contributed by atoms with van der Waals surface area (Å²) in [6.45, 7) is -0.433. The highest BCUT2D eigenvalue weighted by Gasteiger charge is 2.20. The molecule has 0 atom stereocenters. The number of nitrogens with zero attached hydrogens (tertiary/aromatic N) is 1. The van der Waals surface area contributed by atoms with Crippen molar-refractivity contribution in [2.45, 2.75) is 6.04 Å². The smallest absolute Gasteiger partial charge is 0.339 e. The van der Waals surface area contributed by atoms with Crippen LogP contribution in [0.15, 0.2) is 109 Å². The number of carbonyl (C=O) groups excluding carboxylic acids is 2. The van der Waals surface area contributed by atoms with Crippen LogP contribution in [0.25, 0.3) is 22.2 Å². The van der Waals surface area contributed by atoms with E-state index in [1.807, 2.05) is 84.9 Å². The number of benzene rings is 4. The quantitative estimate of drug-likeness (QED) is 0.235. The Morgan fingerprint density at radius 2 is 1.38 bits per heavy atom. The minimum absolute atomic E-state index is 0.311. The van der Waals surface area contributed by atoms with Crippen molar-refractivity contribution in [3.05, 3.63) is 126 Å².